The summed E-state index contributed by atoms with van der Waals surface area (Å²) in [6, 6.07) is 0. The van der Waals surface area contributed by atoms with Crippen LogP contribution in [0.1, 0.15) is 18.2 Å². The first kappa shape index (κ1) is 10.9. The number of rotatable bonds is 1. The first-order chi connectivity index (χ1) is 7.50. The van der Waals surface area contributed by atoms with Gasteiger partial charge >= 0.3 is 5.69 Å². The van der Waals surface area contributed by atoms with Gasteiger partial charge in [-0.2, -0.15) is 0 Å². The molecule has 0 saturated carbocycles. The fourth-order valence-corrected chi connectivity index (χ4v) is 1.81. The van der Waals surface area contributed by atoms with Crippen molar-refractivity contribution in [1.29, 1.82) is 0 Å². The zero-order valence-corrected chi connectivity index (χ0v) is 9.40. The van der Waals surface area contributed by atoms with Crippen LogP contribution in [0.5, 0.6) is 0 Å². The van der Waals surface area contributed by atoms with E-state index in [0.29, 0.717) is 18.6 Å². The van der Waals surface area contributed by atoms with Crippen LogP contribution in [-0.4, -0.2) is 15.7 Å². The molecule has 1 atom stereocenters. The van der Waals surface area contributed by atoms with E-state index in [-0.39, 0.29) is 17.5 Å². The van der Waals surface area contributed by atoms with Gasteiger partial charge in [-0.05, 0) is 12.5 Å². The van der Waals surface area contributed by atoms with Crippen LogP contribution in [-0.2, 0) is 11.8 Å². The summed E-state index contributed by atoms with van der Waals surface area (Å²) in [6.45, 7) is 5.97. The molecule has 0 bridgehead atoms. The molecule has 2 rings (SSSR count). The highest BCUT2D eigenvalue weighted by Crippen LogP contribution is 2.24. The summed E-state index contributed by atoms with van der Waals surface area (Å²) in [7, 11) is 1.47. The van der Waals surface area contributed by atoms with Crippen molar-refractivity contribution in [3.8, 4) is 0 Å². The Morgan fingerprint density at radius 2 is 2.19 bits per heavy atom. The molecule has 16 heavy (non-hydrogen) atoms. The Balaban J connectivity index is 2.54. The number of aromatic nitrogens is 2. The topological polar surface area (TPSA) is 53.2 Å². The molecule has 0 N–H and O–H groups in total. The Labute approximate surface area is 92.6 Å². The summed E-state index contributed by atoms with van der Waals surface area (Å²) < 4.78 is 7.98. The molecule has 1 aromatic rings. The predicted molar refractivity (Wildman–Crippen MR) is 59.4 cm³/mol. The van der Waals surface area contributed by atoms with Gasteiger partial charge in [-0.15, -0.1) is 0 Å². The summed E-state index contributed by atoms with van der Waals surface area (Å²) >= 11 is 0. The lowest BCUT2D eigenvalue weighted by atomic mass is 10.2. The van der Waals surface area contributed by atoms with Crippen molar-refractivity contribution in [2.75, 3.05) is 6.61 Å². The van der Waals surface area contributed by atoms with Gasteiger partial charge in [0.25, 0.3) is 5.56 Å². The van der Waals surface area contributed by atoms with Crippen LogP contribution in [0.15, 0.2) is 27.9 Å². The minimum atomic E-state index is -0.352. The highest BCUT2D eigenvalue weighted by atomic mass is 16.5. The largest absolute Gasteiger partial charge is 0.353 e. The minimum Gasteiger partial charge on any atom is -0.353 e. The van der Waals surface area contributed by atoms with Gasteiger partial charge in [0.2, 0.25) is 0 Å². The van der Waals surface area contributed by atoms with Crippen molar-refractivity contribution >= 4 is 0 Å². The SMILES string of the molecule is C=C1CO[C@@H](n2cc(C)c(=O)n(C)c2=O)C1. The highest BCUT2D eigenvalue weighted by Gasteiger charge is 2.22. The molecule has 86 valence electrons. The predicted octanol–water partition coefficient (Wildman–Crippen LogP) is 0.331. The lowest BCUT2D eigenvalue weighted by Gasteiger charge is -2.14. The summed E-state index contributed by atoms with van der Waals surface area (Å²) in [4.78, 5) is 23.4. The molecular formula is C11H14N2O3. The zero-order valence-electron chi connectivity index (χ0n) is 9.40. The third-order valence-corrected chi connectivity index (χ3v) is 2.74. The third kappa shape index (κ3) is 1.63. The Hall–Kier alpha value is -1.62. The Kier molecular flexibility index (Phi) is 2.55. The van der Waals surface area contributed by atoms with Crippen LogP contribution >= 0.6 is 0 Å². The molecule has 0 amide bonds. The van der Waals surface area contributed by atoms with Crippen molar-refractivity contribution < 1.29 is 4.74 Å². The maximum absolute atomic E-state index is 11.9. The fourth-order valence-electron chi connectivity index (χ4n) is 1.81. The molecule has 0 unspecified atom stereocenters. The smallest absolute Gasteiger partial charge is 0.332 e. The number of aryl methyl sites for hydroxylation is 1. The van der Waals surface area contributed by atoms with Crippen LogP contribution in [0, 0.1) is 6.92 Å². The van der Waals surface area contributed by atoms with Crippen LogP contribution in [0.3, 0.4) is 0 Å². The second kappa shape index (κ2) is 3.75. The molecule has 1 aliphatic rings. The normalized spacial score (nSPS) is 20.4. The molecule has 0 aliphatic carbocycles. The van der Waals surface area contributed by atoms with E-state index < -0.39 is 0 Å². The second-order valence-electron chi connectivity index (χ2n) is 4.09. The van der Waals surface area contributed by atoms with E-state index in [4.69, 9.17) is 4.74 Å². The Bertz CT molecular complexity index is 553. The fraction of sp³-hybridized carbons (Fsp3) is 0.455. The first-order valence-electron chi connectivity index (χ1n) is 5.07. The van der Waals surface area contributed by atoms with Gasteiger partial charge < -0.3 is 4.74 Å². The average Bonchev–Trinajstić information content (AvgIpc) is 2.67. The average molecular weight is 222 g/mol. The quantitative estimate of drug-likeness (QED) is 0.643. The molecule has 1 fully saturated rings. The molecule has 1 saturated heterocycles. The van der Waals surface area contributed by atoms with Crippen molar-refractivity contribution in [3.05, 3.63) is 44.8 Å². The summed E-state index contributed by atoms with van der Waals surface area (Å²) in [5, 5.41) is 0. The molecule has 0 aromatic carbocycles. The lowest BCUT2D eigenvalue weighted by Crippen LogP contribution is -2.40. The van der Waals surface area contributed by atoms with Gasteiger partial charge in [-0.3, -0.25) is 13.9 Å². The van der Waals surface area contributed by atoms with Crippen molar-refractivity contribution in [2.24, 2.45) is 7.05 Å². The Morgan fingerprint density at radius 3 is 2.75 bits per heavy atom. The minimum absolute atomic E-state index is 0.266. The number of hydrogen-bond donors (Lipinski definition) is 0. The first-order valence-corrected chi connectivity index (χ1v) is 5.07. The molecule has 0 spiro atoms. The summed E-state index contributed by atoms with van der Waals surface area (Å²) in [5.74, 6) is 0. The number of hydrogen-bond acceptors (Lipinski definition) is 3. The molecule has 2 heterocycles. The van der Waals surface area contributed by atoms with E-state index in [1.807, 2.05) is 0 Å². The van der Waals surface area contributed by atoms with Gasteiger partial charge in [0, 0.05) is 25.2 Å². The van der Waals surface area contributed by atoms with Crippen LogP contribution in [0.25, 0.3) is 0 Å². The molecule has 1 aromatic heterocycles. The molecule has 1 aliphatic heterocycles. The van der Waals surface area contributed by atoms with Gasteiger partial charge in [0.1, 0.15) is 6.23 Å². The standard InChI is InChI=1S/C11H14N2O3/c1-7-4-9(16-6-7)13-5-8(2)10(14)12(3)11(13)15/h5,9H,1,4,6H2,2-3H3/t9-/m1/s1. The number of nitrogens with zero attached hydrogens (tertiary/aromatic N) is 2. The Morgan fingerprint density at radius 1 is 1.50 bits per heavy atom. The monoisotopic (exact) mass is 222 g/mol. The number of ether oxygens (including phenoxy) is 1. The van der Waals surface area contributed by atoms with Gasteiger partial charge in [0.05, 0.1) is 6.61 Å². The van der Waals surface area contributed by atoms with E-state index in [2.05, 4.69) is 6.58 Å². The second-order valence-corrected chi connectivity index (χ2v) is 4.09. The van der Waals surface area contributed by atoms with E-state index >= 15 is 0 Å². The van der Waals surface area contributed by atoms with Gasteiger partial charge in [-0.1, -0.05) is 6.58 Å². The van der Waals surface area contributed by atoms with Crippen molar-refractivity contribution in [1.82, 2.24) is 9.13 Å². The molecule has 5 nitrogen and oxygen atoms in total. The van der Waals surface area contributed by atoms with Crippen LogP contribution < -0.4 is 11.2 Å². The van der Waals surface area contributed by atoms with Gasteiger partial charge in [-0.25, -0.2) is 4.79 Å². The maximum Gasteiger partial charge on any atom is 0.332 e. The summed E-state index contributed by atoms with van der Waals surface area (Å²) in [5.41, 5.74) is 0.875. The zero-order chi connectivity index (χ0) is 11.9. The highest BCUT2D eigenvalue weighted by molar-refractivity contribution is 5.06. The van der Waals surface area contributed by atoms with E-state index in [1.165, 1.54) is 11.6 Å². The van der Waals surface area contributed by atoms with Gasteiger partial charge in [0.15, 0.2) is 0 Å². The van der Waals surface area contributed by atoms with Crippen LogP contribution in [0.4, 0.5) is 0 Å². The molecule has 0 radical (unpaired) electrons. The van der Waals surface area contributed by atoms with Crippen molar-refractivity contribution in [2.45, 2.75) is 19.6 Å². The van der Waals surface area contributed by atoms with Crippen LogP contribution in [0.2, 0.25) is 0 Å². The third-order valence-electron chi connectivity index (χ3n) is 2.74. The van der Waals surface area contributed by atoms with E-state index in [1.54, 1.807) is 13.1 Å². The van der Waals surface area contributed by atoms with E-state index in [9.17, 15) is 9.59 Å². The maximum atomic E-state index is 11.9. The van der Waals surface area contributed by atoms with Crippen molar-refractivity contribution in [3.63, 3.8) is 0 Å². The molecular weight excluding hydrogens is 208 g/mol. The molecule has 5 heteroatoms. The lowest BCUT2D eigenvalue weighted by molar-refractivity contribution is 0.0527. The summed E-state index contributed by atoms with van der Waals surface area (Å²) in [6.07, 6.45) is 1.84. The van der Waals surface area contributed by atoms with E-state index in [0.717, 1.165) is 10.1 Å².